The number of hydrogen-bond acceptors (Lipinski definition) is 3. The van der Waals surface area contributed by atoms with Gasteiger partial charge in [-0.05, 0) is 18.4 Å². The predicted octanol–water partition coefficient (Wildman–Crippen LogP) is 1.61. The third-order valence-corrected chi connectivity index (χ3v) is 2.77. The van der Waals surface area contributed by atoms with Gasteiger partial charge in [0, 0.05) is 11.4 Å². The molecule has 1 aromatic rings. The summed E-state index contributed by atoms with van der Waals surface area (Å²) in [5.74, 6) is -1.15. The number of benzene rings is 1. The van der Waals surface area contributed by atoms with Crippen molar-refractivity contribution in [2.45, 2.75) is 11.3 Å². The zero-order valence-electron chi connectivity index (χ0n) is 8.90. The van der Waals surface area contributed by atoms with Crippen LogP contribution in [0.25, 0.3) is 0 Å². The molecule has 2 N–H and O–H groups in total. The lowest BCUT2D eigenvalue weighted by Crippen LogP contribution is -2.26. The van der Waals surface area contributed by atoms with Gasteiger partial charge in [0.1, 0.15) is 0 Å². The molecule has 0 atom stereocenters. The van der Waals surface area contributed by atoms with Crippen molar-refractivity contribution in [2.24, 2.45) is 0 Å². The van der Waals surface area contributed by atoms with Gasteiger partial charge in [-0.1, -0.05) is 12.1 Å². The van der Waals surface area contributed by atoms with Crippen molar-refractivity contribution in [3.63, 3.8) is 0 Å². The van der Waals surface area contributed by atoms with E-state index in [0.29, 0.717) is 5.56 Å². The molecule has 0 unspecified atom stereocenters. The summed E-state index contributed by atoms with van der Waals surface area (Å²) in [4.78, 5) is 22.9. The molecule has 0 spiro atoms. The zero-order chi connectivity index (χ0) is 12.0. The van der Waals surface area contributed by atoms with Gasteiger partial charge in [-0.25, -0.2) is 0 Å². The van der Waals surface area contributed by atoms with Crippen LogP contribution in [-0.2, 0) is 4.79 Å². The second-order valence-corrected chi connectivity index (χ2v) is 3.95. The maximum absolute atomic E-state index is 11.7. The quantitative estimate of drug-likeness (QED) is 0.766. The van der Waals surface area contributed by atoms with Crippen molar-refractivity contribution in [1.82, 2.24) is 5.32 Å². The Labute approximate surface area is 98.0 Å². The van der Waals surface area contributed by atoms with Gasteiger partial charge in [0.25, 0.3) is 5.91 Å². The highest BCUT2D eigenvalue weighted by atomic mass is 32.2. The molecule has 0 bridgehead atoms. The van der Waals surface area contributed by atoms with Crippen LogP contribution in [0.1, 0.15) is 16.8 Å². The van der Waals surface area contributed by atoms with Crippen LogP contribution in [0, 0.1) is 0 Å². The van der Waals surface area contributed by atoms with Gasteiger partial charge in [0.2, 0.25) is 0 Å². The average Bonchev–Trinajstić information content (AvgIpc) is 2.28. The van der Waals surface area contributed by atoms with Gasteiger partial charge in [-0.3, -0.25) is 9.59 Å². The van der Waals surface area contributed by atoms with Gasteiger partial charge >= 0.3 is 5.97 Å². The summed E-state index contributed by atoms with van der Waals surface area (Å²) in [5, 5.41) is 11.0. The summed E-state index contributed by atoms with van der Waals surface area (Å²) in [6.07, 6.45) is 1.83. The molecule has 0 aliphatic carbocycles. The number of nitrogens with one attached hydrogen (secondary N) is 1. The number of carbonyl (C=O) groups is 2. The molecule has 0 saturated heterocycles. The number of carbonyl (C=O) groups excluding carboxylic acids is 1. The highest BCUT2D eigenvalue weighted by molar-refractivity contribution is 7.98. The van der Waals surface area contributed by atoms with E-state index < -0.39 is 5.97 Å². The maximum Gasteiger partial charge on any atom is 0.305 e. The summed E-state index contributed by atoms with van der Waals surface area (Å²) in [6, 6.07) is 7.23. The number of carboxylic acids is 1. The van der Waals surface area contributed by atoms with Crippen LogP contribution in [0.5, 0.6) is 0 Å². The van der Waals surface area contributed by atoms with Crippen LogP contribution in [0.3, 0.4) is 0 Å². The molecule has 1 rings (SSSR count). The molecular formula is C11H13NO3S. The minimum atomic E-state index is -0.918. The van der Waals surface area contributed by atoms with Crippen molar-refractivity contribution in [3.8, 4) is 0 Å². The van der Waals surface area contributed by atoms with E-state index in [4.69, 9.17) is 5.11 Å². The minimum absolute atomic E-state index is 0.0623. The van der Waals surface area contributed by atoms with Crippen LogP contribution < -0.4 is 5.32 Å². The largest absolute Gasteiger partial charge is 0.481 e. The fraction of sp³-hybridized carbons (Fsp3) is 0.273. The van der Waals surface area contributed by atoms with Crippen LogP contribution in [0.15, 0.2) is 29.2 Å². The molecule has 86 valence electrons. The molecule has 0 aromatic heterocycles. The molecule has 1 aromatic carbocycles. The number of rotatable bonds is 5. The number of aliphatic carboxylic acids is 1. The topological polar surface area (TPSA) is 66.4 Å². The standard InChI is InChI=1S/C11H13NO3S/c1-16-9-5-3-2-4-8(9)11(15)12-7-6-10(13)14/h2-5H,6-7H2,1H3,(H,12,15)(H,13,14). The lowest BCUT2D eigenvalue weighted by molar-refractivity contribution is -0.136. The van der Waals surface area contributed by atoms with E-state index in [9.17, 15) is 9.59 Å². The summed E-state index contributed by atoms with van der Waals surface area (Å²) in [5.41, 5.74) is 0.584. The molecule has 1 amide bonds. The lowest BCUT2D eigenvalue weighted by Gasteiger charge is -2.07. The third-order valence-electron chi connectivity index (χ3n) is 1.98. The van der Waals surface area contributed by atoms with E-state index in [1.165, 1.54) is 11.8 Å². The number of carboxylic acid groups (broad SMARTS) is 1. The first-order valence-corrected chi connectivity index (χ1v) is 6.00. The van der Waals surface area contributed by atoms with Crippen molar-refractivity contribution in [3.05, 3.63) is 29.8 Å². The first kappa shape index (κ1) is 12.6. The Kier molecular flexibility index (Phi) is 4.85. The van der Waals surface area contributed by atoms with E-state index in [1.54, 1.807) is 12.1 Å². The number of thioether (sulfide) groups is 1. The second-order valence-electron chi connectivity index (χ2n) is 3.10. The molecule has 5 heteroatoms. The highest BCUT2D eigenvalue weighted by Gasteiger charge is 2.09. The maximum atomic E-state index is 11.7. The fourth-order valence-corrected chi connectivity index (χ4v) is 1.81. The molecule has 4 nitrogen and oxygen atoms in total. The summed E-state index contributed by atoms with van der Waals surface area (Å²) in [7, 11) is 0. The Hall–Kier alpha value is -1.49. The summed E-state index contributed by atoms with van der Waals surface area (Å²) in [6.45, 7) is 0.150. The van der Waals surface area contributed by atoms with Crippen molar-refractivity contribution < 1.29 is 14.7 Å². The Morgan fingerprint density at radius 1 is 1.38 bits per heavy atom. The summed E-state index contributed by atoms with van der Waals surface area (Å²) >= 11 is 1.49. The van der Waals surface area contributed by atoms with E-state index in [2.05, 4.69) is 5.32 Å². The normalized spacial score (nSPS) is 9.81. The Morgan fingerprint density at radius 2 is 2.06 bits per heavy atom. The number of hydrogen-bond donors (Lipinski definition) is 2. The monoisotopic (exact) mass is 239 g/mol. The van der Waals surface area contributed by atoms with Gasteiger partial charge in [-0.15, -0.1) is 11.8 Å². The molecule has 0 fully saturated rings. The molecule has 16 heavy (non-hydrogen) atoms. The van der Waals surface area contributed by atoms with Crippen LogP contribution in [0.4, 0.5) is 0 Å². The van der Waals surface area contributed by atoms with Gasteiger partial charge in [-0.2, -0.15) is 0 Å². The molecule has 0 saturated carbocycles. The Morgan fingerprint density at radius 3 is 2.69 bits per heavy atom. The highest BCUT2D eigenvalue weighted by Crippen LogP contribution is 2.19. The molecule has 0 radical (unpaired) electrons. The zero-order valence-corrected chi connectivity index (χ0v) is 9.71. The smallest absolute Gasteiger partial charge is 0.305 e. The first-order valence-electron chi connectivity index (χ1n) is 4.78. The number of amides is 1. The Bertz CT molecular complexity index is 393. The Balaban J connectivity index is 2.62. The van der Waals surface area contributed by atoms with Crippen LogP contribution >= 0.6 is 11.8 Å². The predicted molar refractivity (Wildman–Crippen MR) is 62.8 cm³/mol. The van der Waals surface area contributed by atoms with Gasteiger partial charge in [0.15, 0.2) is 0 Å². The molecule has 0 aliphatic rings. The lowest BCUT2D eigenvalue weighted by atomic mass is 10.2. The van der Waals surface area contributed by atoms with E-state index in [1.807, 2.05) is 18.4 Å². The first-order chi connectivity index (χ1) is 7.65. The van der Waals surface area contributed by atoms with Gasteiger partial charge < -0.3 is 10.4 Å². The van der Waals surface area contributed by atoms with E-state index in [-0.39, 0.29) is 18.9 Å². The SMILES string of the molecule is CSc1ccccc1C(=O)NCCC(=O)O. The fourth-order valence-electron chi connectivity index (χ4n) is 1.21. The van der Waals surface area contributed by atoms with Crippen LogP contribution in [-0.4, -0.2) is 29.8 Å². The van der Waals surface area contributed by atoms with Crippen LogP contribution in [0.2, 0.25) is 0 Å². The minimum Gasteiger partial charge on any atom is -0.481 e. The molecule has 0 heterocycles. The van der Waals surface area contributed by atoms with Crippen molar-refractivity contribution >= 4 is 23.6 Å². The van der Waals surface area contributed by atoms with E-state index in [0.717, 1.165) is 4.90 Å². The molecule has 0 aliphatic heterocycles. The third kappa shape index (κ3) is 3.58. The summed E-state index contributed by atoms with van der Waals surface area (Å²) < 4.78 is 0. The molecular weight excluding hydrogens is 226 g/mol. The van der Waals surface area contributed by atoms with E-state index >= 15 is 0 Å². The average molecular weight is 239 g/mol. The van der Waals surface area contributed by atoms with Crippen molar-refractivity contribution in [1.29, 1.82) is 0 Å². The second kappa shape index (κ2) is 6.17. The van der Waals surface area contributed by atoms with Gasteiger partial charge in [0.05, 0.1) is 12.0 Å². The van der Waals surface area contributed by atoms with Crippen molar-refractivity contribution in [2.75, 3.05) is 12.8 Å².